The van der Waals surface area contributed by atoms with Crippen LogP contribution in [-0.4, -0.2) is 11.7 Å². The number of furan rings is 1. The summed E-state index contributed by atoms with van der Waals surface area (Å²) < 4.78 is 6.35. The maximum Gasteiger partial charge on any atom is 0.276 e. The van der Waals surface area contributed by atoms with Gasteiger partial charge in [0.2, 0.25) is 5.78 Å². The summed E-state index contributed by atoms with van der Waals surface area (Å²) in [5, 5.41) is 3.22. The highest BCUT2D eigenvalue weighted by atomic mass is 79.9. The molecule has 1 aliphatic rings. The number of nitrogens with one attached hydrogen (secondary N) is 1. The van der Waals surface area contributed by atoms with Gasteiger partial charge in [0.15, 0.2) is 5.76 Å². The zero-order valence-corrected chi connectivity index (χ0v) is 19.0. The summed E-state index contributed by atoms with van der Waals surface area (Å²) in [6.07, 6.45) is 1.46. The number of Topliss-reactive ketones (excluding diaryl/α,β-unsaturated/α-hetero) is 1. The Morgan fingerprint density at radius 3 is 2.15 bits per heavy atom. The molecule has 1 aromatic heterocycles. The van der Waals surface area contributed by atoms with Crippen molar-refractivity contribution in [2.24, 2.45) is 0 Å². The minimum Gasteiger partial charge on any atom is -0.461 e. The molecule has 5 rings (SSSR count). The highest BCUT2D eigenvalue weighted by Gasteiger charge is 2.45. The Kier molecular flexibility index (Phi) is 5.67. The molecule has 162 valence electrons. The molecule has 1 amide bonds. The van der Waals surface area contributed by atoms with Gasteiger partial charge in [0.05, 0.1) is 17.9 Å². The summed E-state index contributed by atoms with van der Waals surface area (Å²) in [4.78, 5) is 29.2. The number of amides is 1. The number of ketones is 1. The van der Waals surface area contributed by atoms with Gasteiger partial charge in [0.1, 0.15) is 5.70 Å². The predicted octanol–water partition coefficient (Wildman–Crippen LogP) is 6.38. The quantitative estimate of drug-likeness (QED) is 0.313. The lowest BCUT2D eigenvalue weighted by molar-refractivity contribution is -0.114. The average molecular weight is 499 g/mol. The van der Waals surface area contributed by atoms with Crippen LogP contribution >= 0.6 is 15.9 Å². The highest BCUT2D eigenvalue weighted by Crippen LogP contribution is 2.42. The second kappa shape index (κ2) is 8.92. The Morgan fingerprint density at radius 2 is 1.52 bits per heavy atom. The summed E-state index contributed by atoms with van der Waals surface area (Å²) in [6.45, 7) is 0. The maximum atomic E-state index is 13.9. The van der Waals surface area contributed by atoms with Crippen molar-refractivity contribution in [3.63, 3.8) is 0 Å². The normalized spacial score (nSPS) is 15.7. The van der Waals surface area contributed by atoms with Crippen LogP contribution in [0.15, 0.2) is 123 Å². The zero-order chi connectivity index (χ0) is 22.8. The van der Waals surface area contributed by atoms with Crippen LogP contribution < -0.4 is 10.2 Å². The van der Waals surface area contributed by atoms with E-state index in [9.17, 15) is 9.59 Å². The van der Waals surface area contributed by atoms with Crippen LogP contribution in [0.2, 0.25) is 0 Å². The molecule has 33 heavy (non-hydrogen) atoms. The molecule has 0 saturated heterocycles. The molecule has 1 unspecified atom stereocenters. The second-order valence-corrected chi connectivity index (χ2v) is 8.47. The number of anilines is 2. The van der Waals surface area contributed by atoms with E-state index in [1.807, 2.05) is 84.9 Å². The molecular formula is C27H19BrN2O3. The molecule has 5 nitrogen and oxygen atoms in total. The van der Waals surface area contributed by atoms with E-state index in [-0.39, 0.29) is 23.1 Å². The third-order valence-electron chi connectivity index (χ3n) is 5.49. The van der Waals surface area contributed by atoms with Crippen molar-refractivity contribution in [1.82, 2.24) is 0 Å². The lowest BCUT2D eigenvalue weighted by Crippen LogP contribution is -2.31. The van der Waals surface area contributed by atoms with Gasteiger partial charge in [-0.1, -0.05) is 64.5 Å². The smallest absolute Gasteiger partial charge is 0.276 e. The maximum absolute atomic E-state index is 13.9. The van der Waals surface area contributed by atoms with Gasteiger partial charge in [-0.05, 0) is 54.1 Å². The van der Waals surface area contributed by atoms with E-state index in [0.29, 0.717) is 16.9 Å². The van der Waals surface area contributed by atoms with Crippen molar-refractivity contribution in [3.8, 4) is 0 Å². The summed E-state index contributed by atoms with van der Waals surface area (Å²) in [7, 11) is 0. The average Bonchev–Trinajstić information content (AvgIpc) is 3.49. The predicted molar refractivity (Wildman–Crippen MR) is 131 cm³/mol. The van der Waals surface area contributed by atoms with Gasteiger partial charge in [-0.3, -0.25) is 14.5 Å². The molecule has 0 saturated carbocycles. The van der Waals surface area contributed by atoms with Gasteiger partial charge in [0.25, 0.3) is 5.91 Å². The van der Waals surface area contributed by atoms with E-state index in [1.54, 1.807) is 17.0 Å². The molecule has 4 aromatic rings. The molecule has 0 radical (unpaired) electrons. The second-order valence-electron chi connectivity index (χ2n) is 7.55. The molecule has 1 N–H and O–H groups in total. The lowest BCUT2D eigenvalue weighted by Gasteiger charge is -2.27. The minimum absolute atomic E-state index is 0.184. The van der Waals surface area contributed by atoms with Crippen molar-refractivity contribution < 1.29 is 14.0 Å². The van der Waals surface area contributed by atoms with Crippen molar-refractivity contribution in [3.05, 3.63) is 130 Å². The van der Waals surface area contributed by atoms with Gasteiger partial charge in [-0.2, -0.15) is 0 Å². The zero-order valence-electron chi connectivity index (χ0n) is 17.4. The number of halogens is 1. The molecule has 0 spiro atoms. The van der Waals surface area contributed by atoms with Gasteiger partial charge in [-0.15, -0.1) is 0 Å². The molecule has 1 aliphatic heterocycles. The molecule has 2 heterocycles. The number of para-hydroxylation sites is 1. The number of benzene rings is 3. The number of carbonyl (C=O) groups is 2. The Labute approximate surface area is 199 Å². The fraction of sp³-hybridized carbons (Fsp3) is 0.0370. The standard InChI is InChI=1S/C27H19BrN2O3/c28-19-13-15-20(16-14-19)29-24-23(26(31)22-12-7-17-33-22)25(18-8-3-1-4-9-18)30(27(24)32)21-10-5-2-6-11-21/h1-17,25,29H. The summed E-state index contributed by atoms with van der Waals surface area (Å²) in [5.74, 6) is -0.433. The Morgan fingerprint density at radius 1 is 0.848 bits per heavy atom. The van der Waals surface area contributed by atoms with Crippen molar-refractivity contribution >= 4 is 39.0 Å². The number of hydrogen-bond acceptors (Lipinski definition) is 4. The van der Waals surface area contributed by atoms with Crippen LogP contribution in [0, 0.1) is 0 Å². The Balaban J connectivity index is 1.71. The Bertz CT molecular complexity index is 1320. The third-order valence-corrected chi connectivity index (χ3v) is 6.02. The first-order valence-corrected chi connectivity index (χ1v) is 11.2. The van der Waals surface area contributed by atoms with Crippen LogP contribution in [0.1, 0.15) is 22.2 Å². The Hall–Kier alpha value is -3.90. The third kappa shape index (κ3) is 4.01. The molecule has 0 aliphatic carbocycles. The minimum atomic E-state index is -0.614. The molecule has 3 aromatic carbocycles. The molecule has 0 fully saturated rings. The number of carbonyl (C=O) groups excluding carboxylic acids is 2. The first-order valence-electron chi connectivity index (χ1n) is 10.4. The largest absolute Gasteiger partial charge is 0.461 e. The molecule has 1 atom stereocenters. The first kappa shape index (κ1) is 21.0. The molecule has 6 heteroatoms. The number of nitrogens with zero attached hydrogens (tertiary/aromatic N) is 1. The van der Waals surface area contributed by atoms with Crippen LogP contribution in [0.3, 0.4) is 0 Å². The van der Waals surface area contributed by atoms with Crippen LogP contribution in [0.4, 0.5) is 11.4 Å². The van der Waals surface area contributed by atoms with Gasteiger partial charge < -0.3 is 9.73 Å². The van der Waals surface area contributed by atoms with E-state index in [4.69, 9.17) is 4.42 Å². The van der Waals surface area contributed by atoms with E-state index in [1.165, 1.54) is 6.26 Å². The highest BCUT2D eigenvalue weighted by molar-refractivity contribution is 9.10. The number of hydrogen-bond donors (Lipinski definition) is 1. The molecule has 0 bridgehead atoms. The summed E-state index contributed by atoms with van der Waals surface area (Å²) in [5.41, 5.74) is 2.81. The summed E-state index contributed by atoms with van der Waals surface area (Å²) in [6, 6.07) is 29.0. The van der Waals surface area contributed by atoms with Crippen LogP contribution in [0.25, 0.3) is 0 Å². The van der Waals surface area contributed by atoms with Crippen molar-refractivity contribution in [2.75, 3.05) is 10.2 Å². The summed E-state index contributed by atoms with van der Waals surface area (Å²) >= 11 is 3.43. The SMILES string of the molecule is O=C(C1=C(Nc2ccc(Br)cc2)C(=O)N(c2ccccc2)C1c1ccccc1)c1ccco1. The van der Waals surface area contributed by atoms with Crippen molar-refractivity contribution in [1.29, 1.82) is 0 Å². The fourth-order valence-corrected chi connectivity index (χ4v) is 4.27. The van der Waals surface area contributed by atoms with Crippen molar-refractivity contribution in [2.45, 2.75) is 6.04 Å². The van der Waals surface area contributed by atoms with E-state index < -0.39 is 6.04 Å². The van der Waals surface area contributed by atoms with Gasteiger partial charge >= 0.3 is 0 Å². The molecular weight excluding hydrogens is 480 g/mol. The monoisotopic (exact) mass is 498 g/mol. The van der Waals surface area contributed by atoms with Crippen LogP contribution in [0.5, 0.6) is 0 Å². The topological polar surface area (TPSA) is 62.6 Å². The first-order chi connectivity index (χ1) is 16.1. The van der Waals surface area contributed by atoms with Crippen LogP contribution in [-0.2, 0) is 4.79 Å². The van der Waals surface area contributed by atoms with E-state index >= 15 is 0 Å². The fourth-order valence-electron chi connectivity index (χ4n) is 4.00. The van der Waals surface area contributed by atoms with E-state index in [2.05, 4.69) is 21.2 Å². The van der Waals surface area contributed by atoms with Gasteiger partial charge in [-0.25, -0.2) is 0 Å². The van der Waals surface area contributed by atoms with E-state index in [0.717, 1.165) is 10.0 Å². The lowest BCUT2D eigenvalue weighted by atomic mass is 9.94. The number of rotatable bonds is 6. The van der Waals surface area contributed by atoms with Gasteiger partial charge in [0, 0.05) is 15.8 Å².